The lowest BCUT2D eigenvalue weighted by atomic mass is 9.63. The molecule has 2 amide bonds. The van der Waals surface area contributed by atoms with E-state index >= 15 is 0 Å². The molecule has 3 fully saturated rings. The molecule has 33 heavy (non-hydrogen) atoms. The maximum Gasteiger partial charge on any atom is 0.347 e. The third-order valence-corrected chi connectivity index (χ3v) is 7.33. The van der Waals surface area contributed by atoms with Gasteiger partial charge in [-0.2, -0.15) is 0 Å². The van der Waals surface area contributed by atoms with Crippen LogP contribution in [0.5, 0.6) is 11.5 Å². The lowest BCUT2D eigenvalue weighted by Crippen LogP contribution is -2.40. The first-order chi connectivity index (χ1) is 16.0. The number of nitrogens with zero attached hydrogens (tertiary/aromatic N) is 1. The van der Waals surface area contributed by atoms with Gasteiger partial charge in [-0.05, 0) is 54.4 Å². The molecular weight excluding hydrogens is 422 g/mol. The standard InChI is InChI=1S/C26H21NO6/c28-21(33-20-9-5-4-8-17(20)26(31)32-14-6-2-1-3-7-14)13-27-24(29)22-15-10-11-16(19-12-18(15)19)23(22)25(27)30/h1-11,15-16,18-19,22-23H,12-13H2/t15-,16-,18-,19-,22+,23+/m0/s1. The van der Waals surface area contributed by atoms with E-state index in [1.165, 1.54) is 12.1 Å². The zero-order chi connectivity index (χ0) is 22.7. The first kappa shape index (κ1) is 19.9. The SMILES string of the molecule is O=C(CN1C(=O)[C@@H]2[C@H]3C=C[C@@H]([C@@H]4C[C@@H]34)[C@H]2C1=O)Oc1ccccc1C(=O)Oc1ccccc1. The first-order valence-corrected chi connectivity index (χ1v) is 11.1. The van der Waals surface area contributed by atoms with Crippen LogP contribution in [-0.4, -0.2) is 35.2 Å². The van der Waals surface area contributed by atoms with Gasteiger partial charge in [-0.1, -0.05) is 42.5 Å². The predicted molar refractivity (Wildman–Crippen MR) is 115 cm³/mol. The number of hydrogen-bond acceptors (Lipinski definition) is 6. The van der Waals surface area contributed by atoms with Crippen molar-refractivity contribution in [3.63, 3.8) is 0 Å². The number of allylic oxidation sites excluding steroid dienone is 2. The van der Waals surface area contributed by atoms with Crippen LogP contribution in [0.25, 0.3) is 0 Å². The van der Waals surface area contributed by atoms with E-state index in [1.807, 2.05) is 0 Å². The topological polar surface area (TPSA) is 90.0 Å². The van der Waals surface area contributed by atoms with Crippen molar-refractivity contribution in [2.75, 3.05) is 6.54 Å². The molecule has 5 aliphatic rings. The number of carbonyl (C=O) groups excluding carboxylic acids is 4. The van der Waals surface area contributed by atoms with Crippen molar-refractivity contribution in [1.82, 2.24) is 4.90 Å². The van der Waals surface area contributed by atoms with Gasteiger partial charge in [0.2, 0.25) is 11.8 Å². The molecule has 6 atom stereocenters. The van der Waals surface area contributed by atoms with Gasteiger partial charge in [-0.3, -0.25) is 14.5 Å². The third-order valence-electron chi connectivity index (χ3n) is 7.33. The van der Waals surface area contributed by atoms with E-state index in [-0.39, 0.29) is 46.8 Å². The molecule has 0 radical (unpaired) electrons. The Morgan fingerprint density at radius 2 is 1.42 bits per heavy atom. The number of amides is 2. The number of rotatable bonds is 5. The van der Waals surface area contributed by atoms with Crippen molar-refractivity contribution < 1.29 is 28.7 Å². The summed E-state index contributed by atoms with van der Waals surface area (Å²) in [5.74, 6) is -1.21. The Balaban J connectivity index is 1.16. The second-order valence-electron chi connectivity index (χ2n) is 9.09. The molecule has 0 spiro atoms. The molecule has 4 aliphatic carbocycles. The van der Waals surface area contributed by atoms with Crippen LogP contribution < -0.4 is 9.47 Å². The highest BCUT2D eigenvalue weighted by Gasteiger charge is 2.67. The zero-order valence-electron chi connectivity index (χ0n) is 17.6. The molecule has 0 N–H and O–H groups in total. The van der Waals surface area contributed by atoms with E-state index in [0.717, 1.165) is 11.3 Å². The van der Waals surface area contributed by atoms with Crippen LogP contribution in [0.1, 0.15) is 16.8 Å². The molecule has 0 aromatic heterocycles. The monoisotopic (exact) mass is 443 g/mol. The van der Waals surface area contributed by atoms with Crippen molar-refractivity contribution in [2.45, 2.75) is 6.42 Å². The van der Waals surface area contributed by atoms with Gasteiger partial charge in [0, 0.05) is 0 Å². The van der Waals surface area contributed by atoms with Crippen molar-refractivity contribution in [1.29, 1.82) is 0 Å². The molecule has 2 bridgehead atoms. The largest absolute Gasteiger partial charge is 0.424 e. The van der Waals surface area contributed by atoms with Crippen LogP contribution in [0.2, 0.25) is 0 Å². The highest BCUT2D eigenvalue weighted by molar-refractivity contribution is 6.08. The minimum Gasteiger partial charge on any atom is -0.424 e. The molecule has 1 saturated heterocycles. The molecule has 2 aromatic rings. The van der Waals surface area contributed by atoms with Crippen LogP contribution in [-0.2, 0) is 14.4 Å². The van der Waals surface area contributed by atoms with Gasteiger partial charge in [0.05, 0.1) is 11.8 Å². The summed E-state index contributed by atoms with van der Waals surface area (Å²) in [5.41, 5.74) is 0.0739. The Morgan fingerprint density at radius 3 is 2.09 bits per heavy atom. The van der Waals surface area contributed by atoms with Crippen LogP contribution in [0.3, 0.4) is 0 Å². The summed E-state index contributed by atoms with van der Waals surface area (Å²) in [5, 5.41) is 0. The minimum atomic E-state index is -0.777. The first-order valence-electron chi connectivity index (χ1n) is 11.1. The van der Waals surface area contributed by atoms with Crippen molar-refractivity contribution in [3.8, 4) is 11.5 Å². The van der Waals surface area contributed by atoms with Gasteiger partial charge in [0.15, 0.2) is 0 Å². The fraction of sp³-hybridized carbons (Fsp3) is 0.308. The summed E-state index contributed by atoms with van der Waals surface area (Å²) in [6, 6.07) is 14.8. The molecule has 2 aromatic carbocycles. The van der Waals surface area contributed by atoms with Crippen LogP contribution >= 0.6 is 0 Å². The average molecular weight is 443 g/mol. The molecule has 7 heteroatoms. The number of para-hydroxylation sites is 2. The smallest absolute Gasteiger partial charge is 0.347 e. The number of esters is 2. The molecular formula is C26H21NO6. The normalized spacial score (nSPS) is 30.6. The fourth-order valence-corrected chi connectivity index (χ4v) is 5.83. The van der Waals surface area contributed by atoms with Crippen LogP contribution in [0.4, 0.5) is 0 Å². The Bertz CT molecular complexity index is 1170. The van der Waals surface area contributed by atoms with Crippen LogP contribution in [0, 0.1) is 35.5 Å². The maximum absolute atomic E-state index is 13.1. The summed E-state index contributed by atoms with van der Waals surface area (Å²) in [7, 11) is 0. The predicted octanol–water partition coefficient (Wildman–Crippen LogP) is 2.86. The second kappa shape index (κ2) is 7.40. The third kappa shape index (κ3) is 3.18. The van der Waals surface area contributed by atoms with Gasteiger partial charge < -0.3 is 9.47 Å². The van der Waals surface area contributed by atoms with E-state index in [2.05, 4.69) is 12.2 Å². The minimum absolute atomic E-state index is 0.0166. The molecule has 166 valence electrons. The van der Waals surface area contributed by atoms with E-state index < -0.39 is 18.5 Å². The van der Waals surface area contributed by atoms with E-state index in [9.17, 15) is 19.2 Å². The van der Waals surface area contributed by atoms with Crippen molar-refractivity contribution in [3.05, 3.63) is 72.3 Å². The average Bonchev–Trinajstić information content (AvgIpc) is 3.61. The molecule has 2 saturated carbocycles. The van der Waals surface area contributed by atoms with Gasteiger partial charge in [0.1, 0.15) is 23.6 Å². The zero-order valence-corrected chi connectivity index (χ0v) is 17.6. The molecule has 1 heterocycles. The van der Waals surface area contributed by atoms with E-state index in [4.69, 9.17) is 9.47 Å². The number of likely N-dealkylation sites (tertiary alicyclic amines) is 1. The van der Waals surface area contributed by atoms with Crippen molar-refractivity contribution in [2.24, 2.45) is 35.5 Å². The molecule has 1 aliphatic heterocycles. The Hall–Kier alpha value is -3.74. The van der Waals surface area contributed by atoms with Crippen molar-refractivity contribution >= 4 is 23.8 Å². The Labute approximate surface area is 190 Å². The number of carbonyl (C=O) groups is 4. The highest BCUT2D eigenvalue weighted by Crippen LogP contribution is 2.65. The summed E-state index contributed by atoms with van der Waals surface area (Å²) < 4.78 is 10.8. The summed E-state index contributed by atoms with van der Waals surface area (Å²) in [4.78, 5) is 52.5. The fourth-order valence-electron chi connectivity index (χ4n) is 5.83. The Morgan fingerprint density at radius 1 is 0.818 bits per heavy atom. The molecule has 0 unspecified atom stereocenters. The van der Waals surface area contributed by atoms with E-state index in [1.54, 1.807) is 42.5 Å². The van der Waals surface area contributed by atoms with Gasteiger partial charge in [-0.25, -0.2) is 9.59 Å². The van der Waals surface area contributed by atoms with Gasteiger partial charge in [0.25, 0.3) is 0 Å². The molecule has 7 nitrogen and oxygen atoms in total. The van der Waals surface area contributed by atoms with E-state index in [0.29, 0.717) is 17.6 Å². The van der Waals surface area contributed by atoms with Gasteiger partial charge >= 0.3 is 11.9 Å². The lowest BCUT2D eigenvalue weighted by Gasteiger charge is -2.37. The number of benzene rings is 2. The van der Waals surface area contributed by atoms with Gasteiger partial charge in [-0.15, -0.1) is 0 Å². The Kier molecular flexibility index (Phi) is 4.47. The molecule has 7 rings (SSSR count). The maximum atomic E-state index is 13.1. The number of hydrogen-bond donors (Lipinski definition) is 0. The van der Waals surface area contributed by atoms with Crippen LogP contribution in [0.15, 0.2) is 66.7 Å². The summed E-state index contributed by atoms with van der Waals surface area (Å²) in [6.45, 7) is -0.471. The number of ether oxygens (including phenoxy) is 2. The lowest BCUT2D eigenvalue weighted by molar-refractivity contribution is -0.148. The summed E-state index contributed by atoms with van der Waals surface area (Å²) >= 11 is 0. The highest BCUT2D eigenvalue weighted by atomic mass is 16.6. The quantitative estimate of drug-likeness (QED) is 0.306. The number of imide groups is 1. The second-order valence-corrected chi connectivity index (χ2v) is 9.09. The summed E-state index contributed by atoms with van der Waals surface area (Å²) in [6.07, 6.45) is 5.25.